The molecule has 2 N–H and O–H groups in total. The molecule has 0 bridgehead atoms. The van der Waals surface area contributed by atoms with Gasteiger partial charge in [0.1, 0.15) is 12.1 Å². The predicted molar refractivity (Wildman–Crippen MR) is 101 cm³/mol. The van der Waals surface area contributed by atoms with Crippen LogP contribution in [0.25, 0.3) is 0 Å². The van der Waals surface area contributed by atoms with E-state index in [1.54, 1.807) is 6.92 Å². The van der Waals surface area contributed by atoms with Gasteiger partial charge in [0.15, 0.2) is 0 Å². The van der Waals surface area contributed by atoms with E-state index in [4.69, 9.17) is 0 Å². The fourth-order valence-electron chi connectivity index (χ4n) is 3.24. The molecule has 142 valence electrons. The molecule has 0 radical (unpaired) electrons. The molecule has 0 unspecified atom stereocenters. The van der Waals surface area contributed by atoms with Gasteiger partial charge in [0.25, 0.3) is 5.91 Å². The Hall–Kier alpha value is -2.37. The summed E-state index contributed by atoms with van der Waals surface area (Å²) >= 11 is 0. The third-order valence-corrected chi connectivity index (χ3v) is 5.00. The normalized spacial score (nSPS) is 19.8. The van der Waals surface area contributed by atoms with Crippen LogP contribution in [0, 0.1) is 0 Å². The number of benzene rings is 1. The predicted octanol–water partition coefficient (Wildman–Crippen LogP) is 2.71. The second-order valence-corrected chi connectivity index (χ2v) is 6.97. The minimum Gasteiger partial charge on any atom is -0.352 e. The lowest BCUT2D eigenvalue weighted by Crippen LogP contribution is -2.45. The number of hydrogen-bond acceptors (Lipinski definition) is 3. The van der Waals surface area contributed by atoms with Gasteiger partial charge in [-0.2, -0.15) is 0 Å². The first kappa shape index (κ1) is 19.9. The molecule has 1 saturated heterocycles. The highest BCUT2D eigenvalue weighted by Gasteiger charge is 2.49. The van der Waals surface area contributed by atoms with Crippen LogP contribution in [-0.2, 0) is 21.5 Å². The summed E-state index contributed by atoms with van der Waals surface area (Å²) in [4.78, 5) is 38.4. The van der Waals surface area contributed by atoms with Crippen LogP contribution in [-0.4, -0.2) is 35.3 Å². The van der Waals surface area contributed by atoms with E-state index in [-0.39, 0.29) is 18.5 Å². The van der Waals surface area contributed by atoms with Crippen LogP contribution in [0.3, 0.4) is 0 Å². The van der Waals surface area contributed by atoms with Crippen molar-refractivity contribution in [1.82, 2.24) is 15.5 Å². The zero-order chi connectivity index (χ0) is 19.3. The molecule has 26 heavy (non-hydrogen) atoms. The Kier molecular flexibility index (Phi) is 6.40. The molecule has 1 atom stereocenters. The smallest absolute Gasteiger partial charge is 0.325 e. The molecule has 1 fully saturated rings. The van der Waals surface area contributed by atoms with E-state index < -0.39 is 17.5 Å². The van der Waals surface area contributed by atoms with Gasteiger partial charge in [-0.05, 0) is 37.3 Å². The zero-order valence-corrected chi connectivity index (χ0v) is 16.1. The summed E-state index contributed by atoms with van der Waals surface area (Å²) in [5.74, 6) is -0.713. The highest BCUT2D eigenvalue weighted by Crippen LogP contribution is 2.29. The lowest BCUT2D eigenvalue weighted by molar-refractivity contribution is -0.135. The van der Waals surface area contributed by atoms with Gasteiger partial charge in [0.2, 0.25) is 5.91 Å². The van der Waals surface area contributed by atoms with Gasteiger partial charge in [-0.15, -0.1) is 0 Å². The van der Waals surface area contributed by atoms with Gasteiger partial charge in [-0.3, -0.25) is 14.5 Å². The number of imide groups is 1. The number of aryl methyl sites for hydroxylation is 1. The zero-order valence-electron chi connectivity index (χ0n) is 16.1. The van der Waals surface area contributed by atoms with Gasteiger partial charge in [0.05, 0.1) is 0 Å². The molecule has 2 rings (SSSR count). The number of hydrogen-bond donors (Lipinski definition) is 2. The van der Waals surface area contributed by atoms with E-state index in [9.17, 15) is 14.4 Å². The first-order valence-electron chi connectivity index (χ1n) is 9.38. The van der Waals surface area contributed by atoms with Crippen LogP contribution >= 0.6 is 0 Å². The molecule has 6 nitrogen and oxygen atoms in total. The van der Waals surface area contributed by atoms with Crippen molar-refractivity contribution in [2.75, 3.05) is 6.54 Å². The Labute approximate surface area is 155 Å². The summed E-state index contributed by atoms with van der Waals surface area (Å²) in [7, 11) is 0. The Bertz CT molecular complexity index is 667. The summed E-state index contributed by atoms with van der Waals surface area (Å²) < 4.78 is 0. The summed E-state index contributed by atoms with van der Waals surface area (Å²) in [5, 5.41) is 5.60. The summed E-state index contributed by atoms with van der Waals surface area (Å²) in [6.45, 7) is 7.51. The molecule has 0 aromatic heterocycles. The molecule has 6 heteroatoms. The average Bonchev–Trinajstić information content (AvgIpc) is 2.84. The Morgan fingerprint density at radius 3 is 2.31 bits per heavy atom. The minimum absolute atomic E-state index is 0.0563. The first-order valence-corrected chi connectivity index (χ1v) is 9.38. The van der Waals surface area contributed by atoms with Crippen molar-refractivity contribution in [2.24, 2.45) is 0 Å². The monoisotopic (exact) mass is 359 g/mol. The van der Waals surface area contributed by atoms with Crippen LogP contribution < -0.4 is 10.6 Å². The molecule has 0 spiro atoms. The van der Waals surface area contributed by atoms with Crippen LogP contribution in [0.15, 0.2) is 24.3 Å². The molecule has 1 aromatic rings. The van der Waals surface area contributed by atoms with Gasteiger partial charge < -0.3 is 10.6 Å². The lowest BCUT2D eigenvalue weighted by atomic mass is 9.91. The Morgan fingerprint density at radius 2 is 1.77 bits per heavy atom. The van der Waals surface area contributed by atoms with E-state index in [1.807, 2.05) is 38.1 Å². The maximum absolute atomic E-state index is 12.9. The number of rotatable bonds is 8. The second kappa shape index (κ2) is 8.34. The van der Waals surface area contributed by atoms with E-state index in [0.29, 0.717) is 0 Å². The number of carbonyl (C=O) groups is 3. The molecule has 1 aliphatic rings. The van der Waals surface area contributed by atoms with E-state index in [2.05, 4.69) is 17.6 Å². The topological polar surface area (TPSA) is 78.5 Å². The van der Waals surface area contributed by atoms with Crippen LogP contribution in [0.4, 0.5) is 4.79 Å². The number of urea groups is 1. The third-order valence-electron chi connectivity index (χ3n) is 5.00. The SMILES string of the molecule is CCCc1ccc([C@@]2(C)NC(=O)N(CC(=O)NC(CC)CC)C2=O)cc1. The maximum atomic E-state index is 12.9. The van der Waals surface area contributed by atoms with Crippen molar-refractivity contribution < 1.29 is 14.4 Å². The summed E-state index contributed by atoms with van der Waals surface area (Å²) in [6, 6.07) is 7.22. The van der Waals surface area contributed by atoms with E-state index >= 15 is 0 Å². The van der Waals surface area contributed by atoms with E-state index in [1.165, 1.54) is 5.56 Å². The molecule has 1 aliphatic heterocycles. The first-order chi connectivity index (χ1) is 12.3. The van der Waals surface area contributed by atoms with Crippen LogP contribution in [0.5, 0.6) is 0 Å². The van der Waals surface area contributed by atoms with Gasteiger partial charge in [-0.25, -0.2) is 4.79 Å². The van der Waals surface area contributed by atoms with Crippen molar-refractivity contribution in [3.63, 3.8) is 0 Å². The Morgan fingerprint density at radius 1 is 1.15 bits per heavy atom. The summed E-state index contributed by atoms with van der Waals surface area (Å²) in [5.41, 5.74) is 0.772. The number of nitrogens with one attached hydrogen (secondary N) is 2. The molecule has 1 aromatic carbocycles. The molecular formula is C20H29N3O3. The molecular weight excluding hydrogens is 330 g/mol. The van der Waals surface area contributed by atoms with E-state index in [0.717, 1.165) is 36.1 Å². The largest absolute Gasteiger partial charge is 0.352 e. The quantitative estimate of drug-likeness (QED) is 0.701. The average molecular weight is 359 g/mol. The Balaban J connectivity index is 2.12. The lowest BCUT2D eigenvalue weighted by Gasteiger charge is -2.23. The fraction of sp³-hybridized carbons (Fsp3) is 0.550. The van der Waals surface area contributed by atoms with Gasteiger partial charge >= 0.3 is 6.03 Å². The van der Waals surface area contributed by atoms with Crippen molar-refractivity contribution in [3.8, 4) is 0 Å². The highest BCUT2D eigenvalue weighted by atomic mass is 16.2. The molecule has 4 amide bonds. The number of nitrogens with zero attached hydrogens (tertiary/aromatic N) is 1. The highest BCUT2D eigenvalue weighted by molar-refractivity contribution is 6.09. The minimum atomic E-state index is -1.14. The number of amides is 4. The number of carbonyl (C=O) groups excluding carboxylic acids is 3. The molecule has 0 saturated carbocycles. The molecule has 0 aliphatic carbocycles. The third kappa shape index (κ3) is 4.06. The molecule has 1 heterocycles. The van der Waals surface area contributed by atoms with Crippen molar-refractivity contribution in [2.45, 2.75) is 65.0 Å². The second-order valence-electron chi connectivity index (χ2n) is 6.97. The fourth-order valence-corrected chi connectivity index (χ4v) is 3.24. The van der Waals surface area contributed by atoms with Crippen molar-refractivity contribution in [1.29, 1.82) is 0 Å². The van der Waals surface area contributed by atoms with Gasteiger partial charge in [0, 0.05) is 6.04 Å². The van der Waals surface area contributed by atoms with Crippen molar-refractivity contribution >= 4 is 17.8 Å². The summed E-state index contributed by atoms with van der Waals surface area (Å²) in [6.07, 6.45) is 3.64. The van der Waals surface area contributed by atoms with Crippen molar-refractivity contribution in [3.05, 3.63) is 35.4 Å². The maximum Gasteiger partial charge on any atom is 0.325 e. The van der Waals surface area contributed by atoms with Gasteiger partial charge in [-0.1, -0.05) is 51.5 Å². The van der Waals surface area contributed by atoms with Crippen LogP contribution in [0.2, 0.25) is 0 Å². The standard InChI is InChI=1S/C20H29N3O3/c1-5-8-14-9-11-15(12-10-14)20(4)18(25)23(19(26)22-20)13-17(24)21-16(6-2)7-3/h9-12,16H,5-8,13H2,1-4H3,(H,21,24)(H,22,26)/t20-/m1/s1. The van der Waals surface area contributed by atoms with Crippen LogP contribution in [0.1, 0.15) is 58.1 Å².